The molecule has 0 saturated heterocycles. The summed E-state index contributed by atoms with van der Waals surface area (Å²) in [5, 5.41) is 8.97. The number of aldehydes is 1. The molecule has 4 nitrogen and oxygen atoms in total. The highest BCUT2D eigenvalue weighted by atomic mass is 16.5. The van der Waals surface area contributed by atoms with E-state index >= 15 is 0 Å². The fourth-order valence-electron chi connectivity index (χ4n) is 1.23. The zero-order chi connectivity index (χ0) is 11.3. The SMILES string of the molecule is COc1cccc(C=CC=O)c1C(=O)O. The maximum Gasteiger partial charge on any atom is 0.340 e. The Balaban J connectivity index is 3.31. The molecule has 0 amide bonds. The van der Waals surface area contributed by atoms with Crippen molar-refractivity contribution in [2.24, 2.45) is 0 Å². The van der Waals surface area contributed by atoms with Gasteiger partial charge in [0.15, 0.2) is 0 Å². The molecular weight excluding hydrogens is 196 g/mol. The van der Waals surface area contributed by atoms with Crippen LogP contribution in [0.25, 0.3) is 6.08 Å². The number of carboxylic acids is 1. The van der Waals surface area contributed by atoms with Crippen molar-refractivity contribution >= 4 is 18.3 Å². The van der Waals surface area contributed by atoms with Crippen LogP contribution < -0.4 is 4.74 Å². The summed E-state index contributed by atoms with van der Waals surface area (Å²) in [6.45, 7) is 0. The van der Waals surface area contributed by atoms with Crippen molar-refractivity contribution in [3.63, 3.8) is 0 Å². The Labute approximate surface area is 86.8 Å². The first kappa shape index (κ1) is 11.0. The van der Waals surface area contributed by atoms with Crippen molar-refractivity contribution < 1.29 is 19.4 Å². The van der Waals surface area contributed by atoms with Crippen LogP contribution in [-0.4, -0.2) is 24.5 Å². The van der Waals surface area contributed by atoms with E-state index in [4.69, 9.17) is 9.84 Å². The molecular formula is C11H10O4. The van der Waals surface area contributed by atoms with Crippen LogP contribution in [-0.2, 0) is 4.79 Å². The minimum absolute atomic E-state index is 0.0538. The normalized spacial score (nSPS) is 10.2. The molecule has 1 aromatic carbocycles. The van der Waals surface area contributed by atoms with Gasteiger partial charge >= 0.3 is 5.97 Å². The lowest BCUT2D eigenvalue weighted by atomic mass is 10.1. The van der Waals surface area contributed by atoms with Crippen LogP contribution >= 0.6 is 0 Å². The molecule has 0 heterocycles. The van der Waals surface area contributed by atoms with Crippen LogP contribution in [0.3, 0.4) is 0 Å². The standard InChI is InChI=1S/C11H10O4/c1-15-9-6-2-4-8(5-3-7-12)10(9)11(13)14/h2-7H,1H3,(H,13,14). The van der Waals surface area contributed by atoms with Gasteiger partial charge in [0.1, 0.15) is 17.6 Å². The molecule has 0 radical (unpaired) electrons. The molecule has 0 aromatic heterocycles. The summed E-state index contributed by atoms with van der Waals surface area (Å²) < 4.78 is 4.92. The summed E-state index contributed by atoms with van der Waals surface area (Å²) in [6, 6.07) is 4.82. The summed E-state index contributed by atoms with van der Waals surface area (Å²) in [5.74, 6) is -0.812. The molecule has 4 heteroatoms. The van der Waals surface area contributed by atoms with E-state index < -0.39 is 5.97 Å². The average Bonchev–Trinajstić information content (AvgIpc) is 2.25. The fraction of sp³-hybridized carbons (Fsp3) is 0.0909. The summed E-state index contributed by atoms with van der Waals surface area (Å²) >= 11 is 0. The third kappa shape index (κ3) is 2.43. The summed E-state index contributed by atoms with van der Waals surface area (Å²) in [6.07, 6.45) is 3.26. The van der Waals surface area contributed by atoms with E-state index in [-0.39, 0.29) is 11.3 Å². The molecule has 0 unspecified atom stereocenters. The smallest absolute Gasteiger partial charge is 0.340 e. The largest absolute Gasteiger partial charge is 0.496 e. The van der Waals surface area contributed by atoms with E-state index in [1.54, 1.807) is 18.2 Å². The number of aromatic carboxylic acids is 1. The molecule has 0 aliphatic heterocycles. The van der Waals surface area contributed by atoms with Gasteiger partial charge in [0.25, 0.3) is 0 Å². The number of carboxylic acid groups (broad SMARTS) is 1. The number of rotatable bonds is 4. The Morgan fingerprint density at radius 1 is 1.47 bits per heavy atom. The second-order valence-corrected chi connectivity index (χ2v) is 2.72. The quantitative estimate of drug-likeness (QED) is 0.600. The first-order chi connectivity index (χ1) is 7.20. The molecule has 0 aliphatic rings. The number of carbonyl (C=O) groups excluding carboxylic acids is 1. The Hall–Kier alpha value is -2.10. The molecule has 0 aliphatic carbocycles. The molecule has 0 atom stereocenters. The van der Waals surface area contributed by atoms with Gasteiger partial charge in [0, 0.05) is 0 Å². The van der Waals surface area contributed by atoms with Crippen molar-refractivity contribution in [3.8, 4) is 5.75 Å². The predicted molar refractivity (Wildman–Crippen MR) is 55.1 cm³/mol. The minimum Gasteiger partial charge on any atom is -0.496 e. The van der Waals surface area contributed by atoms with Crippen LogP contribution in [0.2, 0.25) is 0 Å². The van der Waals surface area contributed by atoms with Crippen molar-refractivity contribution in [2.45, 2.75) is 0 Å². The first-order valence-corrected chi connectivity index (χ1v) is 4.23. The van der Waals surface area contributed by atoms with Crippen LogP contribution in [0.1, 0.15) is 15.9 Å². The van der Waals surface area contributed by atoms with E-state index in [1.807, 2.05) is 0 Å². The highest BCUT2D eigenvalue weighted by Crippen LogP contribution is 2.23. The number of carbonyl (C=O) groups is 2. The number of methoxy groups -OCH3 is 1. The minimum atomic E-state index is -1.09. The molecule has 0 fully saturated rings. The zero-order valence-electron chi connectivity index (χ0n) is 8.14. The Kier molecular flexibility index (Phi) is 3.62. The lowest BCUT2D eigenvalue weighted by Crippen LogP contribution is -2.03. The van der Waals surface area contributed by atoms with Crippen molar-refractivity contribution in [3.05, 3.63) is 35.4 Å². The van der Waals surface area contributed by atoms with E-state index in [0.29, 0.717) is 11.8 Å². The van der Waals surface area contributed by atoms with Gasteiger partial charge in [-0.25, -0.2) is 4.79 Å². The third-order valence-corrected chi connectivity index (χ3v) is 1.85. The number of hydrogen-bond donors (Lipinski definition) is 1. The van der Waals surface area contributed by atoms with E-state index in [9.17, 15) is 9.59 Å². The van der Waals surface area contributed by atoms with E-state index in [1.165, 1.54) is 19.3 Å². The number of allylic oxidation sites excluding steroid dienone is 1. The van der Waals surface area contributed by atoms with E-state index in [2.05, 4.69) is 0 Å². The highest BCUT2D eigenvalue weighted by molar-refractivity contribution is 5.96. The first-order valence-electron chi connectivity index (χ1n) is 4.23. The fourth-order valence-corrected chi connectivity index (χ4v) is 1.23. The molecule has 0 bridgehead atoms. The lowest BCUT2D eigenvalue weighted by Gasteiger charge is -2.06. The van der Waals surface area contributed by atoms with Gasteiger partial charge in [-0.1, -0.05) is 18.2 Å². The molecule has 78 valence electrons. The number of hydrogen-bond acceptors (Lipinski definition) is 3. The predicted octanol–water partition coefficient (Wildman–Crippen LogP) is 1.61. The van der Waals surface area contributed by atoms with Gasteiger partial charge in [-0.05, 0) is 17.7 Å². The van der Waals surface area contributed by atoms with Gasteiger partial charge in [0.05, 0.1) is 7.11 Å². The topological polar surface area (TPSA) is 63.6 Å². The number of ether oxygens (including phenoxy) is 1. The molecule has 0 saturated carbocycles. The molecule has 1 N–H and O–H groups in total. The molecule has 1 aromatic rings. The maximum atomic E-state index is 11.0. The maximum absolute atomic E-state index is 11.0. The van der Waals surface area contributed by atoms with Crippen molar-refractivity contribution in [1.29, 1.82) is 0 Å². The second-order valence-electron chi connectivity index (χ2n) is 2.72. The van der Waals surface area contributed by atoms with Crippen molar-refractivity contribution in [2.75, 3.05) is 7.11 Å². The van der Waals surface area contributed by atoms with Gasteiger partial charge in [-0.15, -0.1) is 0 Å². The van der Waals surface area contributed by atoms with Gasteiger partial charge < -0.3 is 9.84 Å². The van der Waals surface area contributed by atoms with Gasteiger partial charge in [-0.3, -0.25) is 4.79 Å². The molecule has 1 rings (SSSR count). The van der Waals surface area contributed by atoms with Gasteiger partial charge in [0.2, 0.25) is 0 Å². The monoisotopic (exact) mass is 206 g/mol. The average molecular weight is 206 g/mol. The Morgan fingerprint density at radius 2 is 2.20 bits per heavy atom. The molecule has 0 spiro atoms. The van der Waals surface area contributed by atoms with Crippen LogP contribution in [0, 0.1) is 0 Å². The highest BCUT2D eigenvalue weighted by Gasteiger charge is 2.13. The van der Waals surface area contributed by atoms with Crippen LogP contribution in [0.5, 0.6) is 5.75 Å². The third-order valence-electron chi connectivity index (χ3n) is 1.85. The summed E-state index contributed by atoms with van der Waals surface area (Å²) in [5.41, 5.74) is 0.493. The van der Waals surface area contributed by atoms with Gasteiger partial charge in [-0.2, -0.15) is 0 Å². The lowest BCUT2D eigenvalue weighted by molar-refractivity contribution is -0.104. The summed E-state index contributed by atoms with van der Waals surface area (Å²) in [4.78, 5) is 21.1. The van der Waals surface area contributed by atoms with Crippen LogP contribution in [0.4, 0.5) is 0 Å². The summed E-state index contributed by atoms with van der Waals surface area (Å²) in [7, 11) is 1.40. The Morgan fingerprint density at radius 3 is 2.73 bits per heavy atom. The van der Waals surface area contributed by atoms with Crippen molar-refractivity contribution in [1.82, 2.24) is 0 Å². The second kappa shape index (κ2) is 4.95. The molecule has 15 heavy (non-hydrogen) atoms. The van der Waals surface area contributed by atoms with E-state index in [0.717, 1.165) is 0 Å². The zero-order valence-corrected chi connectivity index (χ0v) is 8.14. The number of benzene rings is 1. The van der Waals surface area contributed by atoms with Crippen LogP contribution in [0.15, 0.2) is 24.3 Å². The Bertz CT molecular complexity index is 407.